The number of amidine groups is 2. The van der Waals surface area contributed by atoms with E-state index in [1.165, 1.54) is 0 Å². The first kappa shape index (κ1) is 18.8. The Balaban J connectivity index is 1.77. The fraction of sp³-hybridized carbons (Fsp3) is 0.875. The third-order valence-electron chi connectivity index (χ3n) is 4.22. The molecule has 2 atom stereocenters. The molecule has 0 bridgehead atoms. The average Bonchev–Trinajstić information content (AvgIpc) is 3.17. The molecule has 0 saturated heterocycles. The molecule has 0 saturated carbocycles. The van der Waals surface area contributed by atoms with Crippen molar-refractivity contribution in [2.24, 2.45) is 20.2 Å². The summed E-state index contributed by atoms with van der Waals surface area (Å²) in [6.45, 7) is 9.04. The van der Waals surface area contributed by atoms with Crippen molar-refractivity contribution in [3.8, 4) is 0 Å². The lowest BCUT2D eigenvalue weighted by Gasteiger charge is -2.21. The number of rotatable bonds is 10. The molecule has 0 aromatic rings. The summed E-state index contributed by atoms with van der Waals surface area (Å²) in [7, 11) is 0. The van der Waals surface area contributed by atoms with Gasteiger partial charge in [0.1, 0.15) is 11.7 Å². The maximum Gasteiger partial charge on any atom is 0.101 e. The molecule has 8 nitrogen and oxygen atoms in total. The number of azo groups is 1. The van der Waals surface area contributed by atoms with E-state index in [-0.39, 0.29) is 25.3 Å². The minimum absolute atomic E-state index is 0.0737. The second-order valence-corrected chi connectivity index (χ2v) is 6.35. The zero-order valence-electron chi connectivity index (χ0n) is 14.8. The van der Waals surface area contributed by atoms with Gasteiger partial charge in [0.05, 0.1) is 38.4 Å². The van der Waals surface area contributed by atoms with Crippen molar-refractivity contribution in [2.75, 3.05) is 52.5 Å². The van der Waals surface area contributed by atoms with Crippen LogP contribution in [0.5, 0.6) is 0 Å². The van der Waals surface area contributed by atoms with E-state index in [9.17, 15) is 0 Å². The molecule has 2 rings (SSSR count). The Morgan fingerprint density at radius 1 is 0.875 bits per heavy atom. The van der Waals surface area contributed by atoms with Crippen LogP contribution in [0.15, 0.2) is 20.2 Å². The first-order valence-corrected chi connectivity index (χ1v) is 8.82. The van der Waals surface area contributed by atoms with E-state index in [4.69, 9.17) is 10.2 Å². The van der Waals surface area contributed by atoms with Gasteiger partial charge >= 0.3 is 0 Å². The predicted molar refractivity (Wildman–Crippen MR) is 94.9 cm³/mol. The van der Waals surface area contributed by atoms with Gasteiger partial charge in [-0.05, 0) is 13.8 Å². The highest BCUT2D eigenvalue weighted by molar-refractivity contribution is 5.84. The summed E-state index contributed by atoms with van der Waals surface area (Å²) in [5.41, 5.74) is 0. The summed E-state index contributed by atoms with van der Waals surface area (Å²) < 4.78 is 0. The van der Waals surface area contributed by atoms with Crippen LogP contribution in [0.3, 0.4) is 0 Å². The molecule has 0 aromatic carbocycles. The smallest absolute Gasteiger partial charge is 0.101 e. The number of hydrogen-bond donors (Lipinski definition) is 2. The molecule has 0 fully saturated rings. The highest BCUT2D eigenvalue weighted by Gasteiger charge is 2.20. The summed E-state index contributed by atoms with van der Waals surface area (Å²) >= 11 is 0. The van der Waals surface area contributed by atoms with Gasteiger partial charge in [0.25, 0.3) is 0 Å². The molecule has 24 heavy (non-hydrogen) atoms. The number of aliphatic hydroxyl groups excluding tert-OH is 2. The Bertz CT molecular complexity index is 437. The quantitative estimate of drug-likeness (QED) is 0.564. The average molecular weight is 338 g/mol. The van der Waals surface area contributed by atoms with Gasteiger partial charge in [0, 0.05) is 39.0 Å². The maximum absolute atomic E-state index is 9.08. The molecular weight excluding hydrogens is 308 g/mol. The molecule has 0 aliphatic carbocycles. The zero-order chi connectivity index (χ0) is 17.4. The minimum atomic E-state index is 0.0737. The summed E-state index contributed by atoms with van der Waals surface area (Å²) in [5, 5.41) is 27.0. The van der Waals surface area contributed by atoms with Crippen molar-refractivity contribution >= 4 is 11.7 Å². The Hall–Kier alpha value is -1.54. The lowest BCUT2D eigenvalue weighted by atomic mass is 10.2. The first-order valence-electron chi connectivity index (χ1n) is 8.82. The van der Waals surface area contributed by atoms with Crippen molar-refractivity contribution in [3.05, 3.63) is 0 Å². The van der Waals surface area contributed by atoms with E-state index >= 15 is 0 Å². The van der Waals surface area contributed by atoms with Crippen LogP contribution in [0.25, 0.3) is 0 Å². The standard InChI is InChI=1S/C16H30N6O2/c1-13(11-15-17-3-5-21(15)7-9-23)19-20-14(2)12-16-18-4-6-22(16)8-10-24/h13-14,23-24H,3-12H2,1-2H3. The number of aliphatic hydroxyl groups is 2. The van der Waals surface area contributed by atoms with Gasteiger partial charge in [-0.2, -0.15) is 10.2 Å². The lowest BCUT2D eigenvalue weighted by molar-refractivity contribution is 0.254. The van der Waals surface area contributed by atoms with Crippen molar-refractivity contribution in [1.82, 2.24) is 9.80 Å². The molecule has 2 aliphatic heterocycles. The van der Waals surface area contributed by atoms with Crippen LogP contribution >= 0.6 is 0 Å². The number of hydrogen-bond acceptors (Lipinski definition) is 8. The molecule has 2 aliphatic rings. The van der Waals surface area contributed by atoms with E-state index in [0.717, 1.165) is 50.7 Å². The molecule has 2 unspecified atom stereocenters. The van der Waals surface area contributed by atoms with Crippen molar-refractivity contribution < 1.29 is 10.2 Å². The molecule has 0 spiro atoms. The molecule has 136 valence electrons. The van der Waals surface area contributed by atoms with Crippen LogP contribution in [0, 0.1) is 0 Å². The summed E-state index contributed by atoms with van der Waals surface area (Å²) in [5.74, 6) is 2.05. The van der Waals surface area contributed by atoms with Crippen LogP contribution in [0.4, 0.5) is 0 Å². The molecular formula is C16H30N6O2. The second-order valence-electron chi connectivity index (χ2n) is 6.35. The first-order chi connectivity index (χ1) is 11.6. The van der Waals surface area contributed by atoms with E-state index in [1.54, 1.807) is 0 Å². The second kappa shape index (κ2) is 9.68. The largest absolute Gasteiger partial charge is 0.395 e. The van der Waals surface area contributed by atoms with Gasteiger partial charge in [-0.3, -0.25) is 9.98 Å². The van der Waals surface area contributed by atoms with Gasteiger partial charge in [0.15, 0.2) is 0 Å². The maximum atomic E-state index is 9.08. The predicted octanol–water partition coefficient (Wildman–Crippen LogP) is 0.409. The fourth-order valence-corrected chi connectivity index (χ4v) is 3.01. The van der Waals surface area contributed by atoms with E-state index in [0.29, 0.717) is 13.1 Å². The number of β-amino-alcohol motifs (C(OH)–C–C–N with tert-alkyl or cyclic N) is 2. The van der Waals surface area contributed by atoms with Crippen LogP contribution in [0.1, 0.15) is 26.7 Å². The third-order valence-corrected chi connectivity index (χ3v) is 4.22. The Labute approximate surface area is 144 Å². The topological polar surface area (TPSA) is 96.4 Å². The monoisotopic (exact) mass is 338 g/mol. The van der Waals surface area contributed by atoms with Gasteiger partial charge in [-0.25, -0.2) is 0 Å². The number of aliphatic imine (C=N–C) groups is 2. The zero-order valence-corrected chi connectivity index (χ0v) is 14.8. The van der Waals surface area contributed by atoms with Gasteiger partial charge in [-0.1, -0.05) is 0 Å². The van der Waals surface area contributed by atoms with E-state index in [2.05, 4.69) is 30.0 Å². The molecule has 2 N–H and O–H groups in total. The lowest BCUT2D eigenvalue weighted by Crippen LogP contribution is -2.32. The van der Waals surface area contributed by atoms with Gasteiger partial charge < -0.3 is 20.0 Å². The van der Waals surface area contributed by atoms with Crippen molar-refractivity contribution in [3.63, 3.8) is 0 Å². The van der Waals surface area contributed by atoms with Crippen LogP contribution in [0.2, 0.25) is 0 Å². The molecule has 8 heteroatoms. The summed E-state index contributed by atoms with van der Waals surface area (Å²) in [6.07, 6.45) is 1.52. The summed E-state index contributed by atoms with van der Waals surface area (Å²) in [6, 6.07) is 0.147. The Morgan fingerprint density at radius 2 is 1.29 bits per heavy atom. The van der Waals surface area contributed by atoms with Crippen molar-refractivity contribution in [1.29, 1.82) is 0 Å². The molecule has 0 aromatic heterocycles. The van der Waals surface area contributed by atoms with E-state index < -0.39 is 0 Å². The minimum Gasteiger partial charge on any atom is -0.395 e. The van der Waals surface area contributed by atoms with E-state index in [1.807, 2.05) is 13.8 Å². The third kappa shape index (κ3) is 5.52. The number of nitrogens with zero attached hydrogens (tertiary/aromatic N) is 6. The van der Waals surface area contributed by atoms with Gasteiger partial charge in [-0.15, -0.1) is 0 Å². The van der Waals surface area contributed by atoms with Gasteiger partial charge in [0.2, 0.25) is 0 Å². The van der Waals surface area contributed by atoms with Crippen molar-refractivity contribution in [2.45, 2.75) is 38.8 Å². The Kier molecular flexibility index (Phi) is 7.58. The summed E-state index contributed by atoms with van der Waals surface area (Å²) in [4.78, 5) is 13.2. The van der Waals surface area contributed by atoms with Crippen LogP contribution in [-0.2, 0) is 0 Å². The SMILES string of the molecule is CC(CC1=NCCN1CCO)N=NC(C)CC1=NCCN1CCO. The molecule has 2 heterocycles. The van der Waals surface area contributed by atoms with Crippen LogP contribution < -0.4 is 0 Å². The normalized spacial score (nSPS) is 20.7. The van der Waals surface area contributed by atoms with Crippen LogP contribution in [-0.4, -0.2) is 96.3 Å². The highest BCUT2D eigenvalue weighted by atomic mass is 16.3. The molecule has 0 amide bonds. The Morgan fingerprint density at radius 3 is 1.67 bits per heavy atom. The highest BCUT2D eigenvalue weighted by Crippen LogP contribution is 2.12. The fourth-order valence-electron chi connectivity index (χ4n) is 3.01. The molecule has 0 radical (unpaired) electrons.